The van der Waals surface area contributed by atoms with Crippen molar-refractivity contribution < 1.29 is 0 Å². The third kappa shape index (κ3) is 4.23. The molecular weight excluding hydrogens is 212 g/mol. The van der Waals surface area contributed by atoms with E-state index in [0.29, 0.717) is 0 Å². The molecule has 1 rings (SSSR count). The third-order valence-electron chi connectivity index (χ3n) is 2.75. The van der Waals surface area contributed by atoms with Crippen molar-refractivity contribution in [1.29, 1.82) is 0 Å². The molecule has 1 aromatic heterocycles. The Labute approximate surface area is 104 Å². The van der Waals surface area contributed by atoms with Gasteiger partial charge in [-0.25, -0.2) is 4.98 Å². The highest BCUT2D eigenvalue weighted by atomic mass is 15.2. The molecule has 0 amide bonds. The number of nitrogens with zero attached hydrogens (tertiary/aromatic N) is 3. The van der Waals surface area contributed by atoms with E-state index < -0.39 is 0 Å². The summed E-state index contributed by atoms with van der Waals surface area (Å²) in [7, 11) is 4.18. The van der Waals surface area contributed by atoms with Gasteiger partial charge in [-0.15, -0.1) is 0 Å². The molecule has 0 radical (unpaired) electrons. The molecule has 0 spiro atoms. The number of nitrogens with two attached hydrogens (primary N) is 1. The molecule has 0 aliphatic heterocycles. The molecule has 0 unspecified atom stereocenters. The number of aryl methyl sites for hydroxylation is 1. The van der Waals surface area contributed by atoms with E-state index in [2.05, 4.69) is 35.8 Å². The zero-order valence-corrected chi connectivity index (χ0v) is 11.4. The van der Waals surface area contributed by atoms with Crippen molar-refractivity contribution in [3.05, 3.63) is 17.8 Å². The molecule has 0 saturated carbocycles. The number of pyridine rings is 1. The molecular formula is C13H24N4. The van der Waals surface area contributed by atoms with Gasteiger partial charge in [-0.2, -0.15) is 0 Å². The summed E-state index contributed by atoms with van der Waals surface area (Å²) < 4.78 is 0. The fraction of sp³-hybridized carbons (Fsp3) is 0.615. The Morgan fingerprint density at radius 2 is 1.88 bits per heavy atom. The standard InChI is InChI=1S/C13H24N4/c1-5-8-17(10-9-16(3)4)13-7-6-12(14)11(2)15-13/h6-7H,5,8-10,14H2,1-4H3. The van der Waals surface area contributed by atoms with E-state index in [4.69, 9.17) is 5.73 Å². The molecule has 1 heterocycles. The van der Waals surface area contributed by atoms with Crippen molar-refractivity contribution in [3.63, 3.8) is 0 Å². The van der Waals surface area contributed by atoms with Crippen LogP contribution in [0.2, 0.25) is 0 Å². The first kappa shape index (κ1) is 13.8. The molecule has 0 fully saturated rings. The molecule has 0 aromatic carbocycles. The normalized spacial score (nSPS) is 10.9. The molecule has 0 atom stereocenters. The molecule has 0 aliphatic carbocycles. The topological polar surface area (TPSA) is 45.4 Å². The maximum atomic E-state index is 5.80. The van der Waals surface area contributed by atoms with Crippen LogP contribution in [0.5, 0.6) is 0 Å². The summed E-state index contributed by atoms with van der Waals surface area (Å²) in [5, 5.41) is 0. The number of rotatable bonds is 6. The SMILES string of the molecule is CCCN(CCN(C)C)c1ccc(N)c(C)n1. The van der Waals surface area contributed by atoms with Gasteiger partial charge in [-0.05, 0) is 39.6 Å². The minimum atomic E-state index is 0.762. The Kier molecular flexibility index (Phi) is 5.22. The van der Waals surface area contributed by atoms with Gasteiger partial charge in [-0.1, -0.05) is 6.92 Å². The summed E-state index contributed by atoms with van der Waals surface area (Å²) in [5.41, 5.74) is 7.47. The summed E-state index contributed by atoms with van der Waals surface area (Å²) in [6.45, 7) is 7.20. The van der Waals surface area contributed by atoms with Crippen LogP contribution in [-0.2, 0) is 0 Å². The molecule has 96 valence electrons. The van der Waals surface area contributed by atoms with Crippen LogP contribution in [0.15, 0.2) is 12.1 Å². The van der Waals surface area contributed by atoms with Crippen molar-refractivity contribution in [2.24, 2.45) is 0 Å². The van der Waals surface area contributed by atoms with Gasteiger partial charge in [0.2, 0.25) is 0 Å². The van der Waals surface area contributed by atoms with Gasteiger partial charge < -0.3 is 15.5 Å². The van der Waals surface area contributed by atoms with Crippen LogP contribution in [0.4, 0.5) is 11.5 Å². The summed E-state index contributed by atoms with van der Waals surface area (Å²) in [5.74, 6) is 1.03. The zero-order valence-electron chi connectivity index (χ0n) is 11.4. The number of likely N-dealkylation sites (N-methyl/N-ethyl adjacent to an activating group) is 1. The predicted octanol–water partition coefficient (Wildman–Crippen LogP) is 1.75. The van der Waals surface area contributed by atoms with E-state index in [1.54, 1.807) is 0 Å². The van der Waals surface area contributed by atoms with Crippen molar-refractivity contribution in [2.45, 2.75) is 20.3 Å². The lowest BCUT2D eigenvalue weighted by Gasteiger charge is -2.25. The molecule has 4 nitrogen and oxygen atoms in total. The fourth-order valence-electron chi connectivity index (χ4n) is 1.67. The number of aromatic nitrogens is 1. The number of hydrogen-bond donors (Lipinski definition) is 1. The average Bonchev–Trinajstić information content (AvgIpc) is 2.28. The molecule has 0 aliphatic rings. The molecule has 17 heavy (non-hydrogen) atoms. The molecule has 4 heteroatoms. The second-order valence-corrected chi connectivity index (χ2v) is 4.63. The lowest BCUT2D eigenvalue weighted by Crippen LogP contribution is -2.33. The quantitative estimate of drug-likeness (QED) is 0.817. The van der Waals surface area contributed by atoms with E-state index in [1.165, 1.54) is 0 Å². The smallest absolute Gasteiger partial charge is 0.128 e. The minimum Gasteiger partial charge on any atom is -0.397 e. The number of anilines is 2. The van der Waals surface area contributed by atoms with E-state index in [9.17, 15) is 0 Å². The zero-order chi connectivity index (χ0) is 12.8. The largest absolute Gasteiger partial charge is 0.397 e. The maximum Gasteiger partial charge on any atom is 0.128 e. The van der Waals surface area contributed by atoms with Crippen molar-refractivity contribution in [1.82, 2.24) is 9.88 Å². The van der Waals surface area contributed by atoms with Crippen molar-refractivity contribution in [2.75, 3.05) is 44.4 Å². The van der Waals surface area contributed by atoms with Gasteiger partial charge in [-0.3, -0.25) is 0 Å². The predicted molar refractivity (Wildman–Crippen MR) is 74.4 cm³/mol. The summed E-state index contributed by atoms with van der Waals surface area (Å²) >= 11 is 0. The van der Waals surface area contributed by atoms with Crippen LogP contribution in [0.1, 0.15) is 19.0 Å². The van der Waals surface area contributed by atoms with E-state index >= 15 is 0 Å². The van der Waals surface area contributed by atoms with Crippen LogP contribution in [-0.4, -0.2) is 43.6 Å². The Bertz CT molecular complexity index is 349. The van der Waals surface area contributed by atoms with Crippen LogP contribution in [0.3, 0.4) is 0 Å². The lowest BCUT2D eigenvalue weighted by atomic mass is 10.3. The fourth-order valence-corrected chi connectivity index (χ4v) is 1.67. The Hall–Kier alpha value is -1.29. The van der Waals surface area contributed by atoms with Crippen LogP contribution >= 0.6 is 0 Å². The second-order valence-electron chi connectivity index (χ2n) is 4.63. The third-order valence-corrected chi connectivity index (χ3v) is 2.75. The summed E-state index contributed by atoms with van der Waals surface area (Å²) in [6.07, 6.45) is 1.12. The number of hydrogen-bond acceptors (Lipinski definition) is 4. The highest BCUT2D eigenvalue weighted by molar-refractivity contribution is 5.50. The van der Waals surface area contributed by atoms with Crippen LogP contribution in [0.25, 0.3) is 0 Å². The van der Waals surface area contributed by atoms with Gasteiger partial charge in [0.15, 0.2) is 0 Å². The van der Waals surface area contributed by atoms with Gasteiger partial charge in [0.05, 0.1) is 11.4 Å². The molecule has 2 N–H and O–H groups in total. The van der Waals surface area contributed by atoms with Gasteiger partial charge in [0, 0.05) is 19.6 Å². The summed E-state index contributed by atoms with van der Waals surface area (Å²) in [4.78, 5) is 9.05. The van der Waals surface area contributed by atoms with Crippen LogP contribution < -0.4 is 10.6 Å². The number of nitrogen functional groups attached to an aromatic ring is 1. The Morgan fingerprint density at radius 3 is 2.41 bits per heavy atom. The van der Waals surface area contributed by atoms with Crippen LogP contribution in [0, 0.1) is 6.92 Å². The van der Waals surface area contributed by atoms with E-state index in [-0.39, 0.29) is 0 Å². The van der Waals surface area contributed by atoms with Gasteiger partial charge in [0.25, 0.3) is 0 Å². The average molecular weight is 236 g/mol. The highest BCUT2D eigenvalue weighted by Crippen LogP contribution is 2.16. The van der Waals surface area contributed by atoms with Gasteiger partial charge in [0.1, 0.15) is 5.82 Å². The molecule has 0 bridgehead atoms. The molecule has 1 aromatic rings. The first-order valence-electron chi connectivity index (χ1n) is 6.17. The van der Waals surface area contributed by atoms with Crippen molar-refractivity contribution in [3.8, 4) is 0 Å². The molecule has 0 saturated heterocycles. The maximum absolute atomic E-state index is 5.80. The van der Waals surface area contributed by atoms with E-state index in [0.717, 1.165) is 43.3 Å². The Morgan fingerprint density at radius 1 is 1.18 bits per heavy atom. The summed E-state index contributed by atoms with van der Waals surface area (Å²) in [6, 6.07) is 3.95. The first-order valence-corrected chi connectivity index (χ1v) is 6.17. The monoisotopic (exact) mass is 236 g/mol. The second kappa shape index (κ2) is 6.45. The van der Waals surface area contributed by atoms with E-state index in [1.807, 2.05) is 19.1 Å². The van der Waals surface area contributed by atoms with Crippen molar-refractivity contribution >= 4 is 11.5 Å². The lowest BCUT2D eigenvalue weighted by molar-refractivity contribution is 0.412. The van der Waals surface area contributed by atoms with Gasteiger partial charge >= 0.3 is 0 Å². The first-order chi connectivity index (χ1) is 8.04. The highest BCUT2D eigenvalue weighted by Gasteiger charge is 2.08. The minimum absolute atomic E-state index is 0.762. The Balaban J connectivity index is 2.77.